The molecule has 1 aliphatic heterocycles. The minimum absolute atomic E-state index is 0.225. The fourth-order valence-electron chi connectivity index (χ4n) is 4.52. The monoisotopic (exact) mass is 482 g/mol. The number of benzene rings is 2. The van der Waals surface area contributed by atoms with Crippen molar-refractivity contribution < 1.29 is 18.0 Å². The van der Waals surface area contributed by atoms with Crippen LogP contribution < -0.4 is 4.90 Å². The average Bonchev–Trinajstić information content (AvgIpc) is 3.09. The van der Waals surface area contributed by atoms with Crippen molar-refractivity contribution in [2.24, 2.45) is 0 Å². The van der Waals surface area contributed by atoms with E-state index in [4.69, 9.17) is 9.97 Å². The third-order valence-corrected chi connectivity index (χ3v) is 6.27. The maximum absolute atomic E-state index is 13.0. The van der Waals surface area contributed by atoms with Gasteiger partial charge in [0, 0.05) is 48.6 Å². The first-order valence-electron chi connectivity index (χ1n) is 11.8. The lowest BCUT2D eigenvalue weighted by molar-refractivity contribution is -0.137. The molecule has 4 rings (SSSR count). The Morgan fingerprint density at radius 2 is 1.60 bits per heavy atom. The number of amides is 1. The molecule has 2 aromatic carbocycles. The van der Waals surface area contributed by atoms with E-state index in [1.165, 1.54) is 12.1 Å². The highest BCUT2D eigenvalue weighted by Crippen LogP contribution is 2.32. The summed E-state index contributed by atoms with van der Waals surface area (Å²) >= 11 is 0. The van der Waals surface area contributed by atoms with Crippen molar-refractivity contribution in [1.82, 2.24) is 14.9 Å². The van der Waals surface area contributed by atoms with Gasteiger partial charge in [-0.2, -0.15) is 13.2 Å². The number of carbonyl (C=O) groups excluding carboxylic acids is 1. The normalized spacial score (nSPS) is 14.8. The Morgan fingerprint density at radius 3 is 2.23 bits per heavy atom. The van der Waals surface area contributed by atoms with Gasteiger partial charge in [-0.05, 0) is 43.5 Å². The van der Waals surface area contributed by atoms with Gasteiger partial charge in [-0.15, -0.1) is 0 Å². The molecule has 0 radical (unpaired) electrons. The van der Waals surface area contributed by atoms with Gasteiger partial charge in [-0.25, -0.2) is 9.97 Å². The lowest BCUT2D eigenvalue weighted by Crippen LogP contribution is -2.35. The van der Waals surface area contributed by atoms with Gasteiger partial charge in [-0.1, -0.05) is 44.2 Å². The third-order valence-electron chi connectivity index (χ3n) is 6.27. The summed E-state index contributed by atoms with van der Waals surface area (Å²) in [7, 11) is 0. The molecule has 0 aliphatic carbocycles. The van der Waals surface area contributed by atoms with Gasteiger partial charge in [0.2, 0.25) is 0 Å². The maximum Gasteiger partial charge on any atom is 0.416 e. The number of rotatable bonds is 4. The van der Waals surface area contributed by atoms with Crippen LogP contribution in [0.2, 0.25) is 0 Å². The summed E-state index contributed by atoms with van der Waals surface area (Å²) in [6.45, 7) is 8.54. The molecule has 0 atom stereocenters. The van der Waals surface area contributed by atoms with Crippen LogP contribution in [0.3, 0.4) is 0 Å². The summed E-state index contributed by atoms with van der Waals surface area (Å²) in [5, 5.41) is 0. The molecular formula is C27H29F3N4O. The van der Waals surface area contributed by atoms with Gasteiger partial charge >= 0.3 is 6.18 Å². The minimum Gasteiger partial charge on any atom is -0.354 e. The Bertz CT molecular complexity index is 1180. The molecule has 1 fully saturated rings. The van der Waals surface area contributed by atoms with E-state index in [2.05, 4.69) is 18.7 Å². The molecular weight excluding hydrogens is 453 g/mol. The number of anilines is 1. The zero-order valence-corrected chi connectivity index (χ0v) is 20.1. The molecule has 8 heteroatoms. The number of halogens is 3. The minimum atomic E-state index is -4.42. The van der Waals surface area contributed by atoms with Crippen LogP contribution in [0.1, 0.15) is 53.4 Å². The average molecular weight is 483 g/mol. The van der Waals surface area contributed by atoms with E-state index in [0.29, 0.717) is 25.5 Å². The molecule has 0 N–H and O–H groups in total. The summed E-state index contributed by atoms with van der Waals surface area (Å²) < 4.78 is 38.6. The summed E-state index contributed by atoms with van der Waals surface area (Å²) in [4.78, 5) is 26.7. The van der Waals surface area contributed by atoms with Crippen LogP contribution in [0.5, 0.6) is 0 Å². The second-order valence-corrected chi connectivity index (χ2v) is 9.10. The number of hydrogen-bond acceptors (Lipinski definition) is 4. The van der Waals surface area contributed by atoms with E-state index >= 15 is 0 Å². The lowest BCUT2D eigenvalue weighted by Gasteiger charge is -2.27. The smallest absolute Gasteiger partial charge is 0.354 e. The second kappa shape index (κ2) is 10.1. The Kier molecular flexibility index (Phi) is 7.10. The first-order valence-corrected chi connectivity index (χ1v) is 11.8. The zero-order valence-electron chi connectivity index (χ0n) is 20.1. The van der Waals surface area contributed by atoms with Crippen molar-refractivity contribution in [3.63, 3.8) is 0 Å². The topological polar surface area (TPSA) is 49.3 Å². The highest BCUT2D eigenvalue weighted by molar-refractivity contribution is 5.94. The zero-order chi connectivity index (χ0) is 25.2. The van der Waals surface area contributed by atoms with Gasteiger partial charge in [0.15, 0.2) is 5.82 Å². The molecule has 0 saturated carbocycles. The van der Waals surface area contributed by atoms with Crippen molar-refractivity contribution in [3.05, 3.63) is 77.0 Å². The molecule has 1 aliphatic rings. The van der Waals surface area contributed by atoms with E-state index in [-0.39, 0.29) is 17.4 Å². The Balaban J connectivity index is 1.57. The SMILES string of the molecule is Cc1nc(-c2ccccc2)nc(N2CCCN(C(=O)c3ccc(C(F)(F)F)cc3)CC2)c1C(C)C. The molecule has 1 amide bonds. The standard InChI is InChI=1S/C27H29F3N4O/c1-18(2)23-19(3)31-24(20-8-5-4-6-9-20)32-25(23)33-14-7-15-34(17-16-33)26(35)21-10-12-22(13-11-21)27(28,29)30/h4-6,8-13,18H,7,14-17H2,1-3H3. The summed E-state index contributed by atoms with van der Waals surface area (Å²) in [6.07, 6.45) is -3.69. The number of nitrogens with zero attached hydrogens (tertiary/aromatic N) is 4. The van der Waals surface area contributed by atoms with Gasteiger partial charge in [-0.3, -0.25) is 4.79 Å². The van der Waals surface area contributed by atoms with Crippen molar-refractivity contribution >= 4 is 11.7 Å². The molecule has 1 aromatic heterocycles. The van der Waals surface area contributed by atoms with E-state index in [1.807, 2.05) is 37.3 Å². The Morgan fingerprint density at radius 1 is 0.914 bits per heavy atom. The van der Waals surface area contributed by atoms with Crippen LogP contribution in [0.25, 0.3) is 11.4 Å². The van der Waals surface area contributed by atoms with E-state index in [1.54, 1.807) is 4.90 Å². The third kappa shape index (κ3) is 5.47. The maximum atomic E-state index is 13.0. The van der Waals surface area contributed by atoms with E-state index in [0.717, 1.165) is 47.7 Å². The van der Waals surface area contributed by atoms with Gasteiger partial charge in [0.1, 0.15) is 5.82 Å². The van der Waals surface area contributed by atoms with Gasteiger partial charge < -0.3 is 9.80 Å². The first kappa shape index (κ1) is 24.7. The number of aromatic nitrogens is 2. The fraction of sp³-hybridized carbons (Fsp3) is 0.370. The molecule has 5 nitrogen and oxygen atoms in total. The highest BCUT2D eigenvalue weighted by Gasteiger charge is 2.31. The molecule has 2 heterocycles. The Hall–Kier alpha value is -3.42. The lowest BCUT2D eigenvalue weighted by atomic mass is 10.0. The van der Waals surface area contributed by atoms with Crippen molar-refractivity contribution in [1.29, 1.82) is 0 Å². The number of carbonyl (C=O) groups is 1. The van der Waals surface area contributed by atoms with Crippen LogP contribution in [0.15, 0.2) is 54.6 Å². The van der Waals surface area contributed by atoms with Crippen LogP contribution in [-0.2, 0) is 6.18 Å². The summed E-state index contributed by atoms with van der Waals surface area (Å²) in [5.74, 6) is 1.52. The van der Waals surface area contributed by atoms with Crippen LogP contribution in [0, 0.1) is 6.92 Å². The van der Waals surface area contributed by atoms with Crippen molar-refractivity contribution in [2.75, 3.05) is 31.1 Å². The van der Waals surface area contributed by atoms with Gasteiger partial charge in [0.05, 0.1) is 5.56 Å². The molecule has 1 saturated heterocycles. The van der Waals surface area contributed by atoms with Crippen molar-refractivity contribution in [2.45, 2.75) is 39.3 Å². The summed E-state index contributed by atoms with van der Waals surface area (Å²) in [5.41, 5.74) is 2.48. The highest BCUT2D eigenvalue weighted by atomic mass is 19.4. The second-order valence-electron chi connectivity index (χ2n) is 9.10. The molecule has 0 unspecified atom stereocenters. The molecule has 35 heavy (non-hydrogen) atoms. The number of alkyl halides is 3. The fourth-order valence-corrected chi connectivity index (χ4v) is 4.52. The predicted octanol–water partition coefficient (Wildman–Crippen LogP) is 5.95. The predicted molar refractivity (Wildman–Crippen MR) is 130 cm³/mol. The first-order chi connectivity index (χ1) is 16.6. The Labute approximate surface area is 203 Å². The van der Waals surface area contributed by atoms with E-state index in [9.17, 15) is 18.0 Å². The summed E-state index contributed by atoms with van der Waals surface area (Å²) in [6, 6.07) is 14.3. The van der Waals surface area contributed by atoms with Gasteiger partial charge in [0.25, 0.3) is 5.91 Å². The molecule has 3 aromatic rings. The van der Waals surface area contributed by atoms with Crippen LogP contribution in [-0.4, -0.2) is 47.0 Å². The largest absolute Gasteiger partial charge is 0.416 e. The van der Waals surface area contributed by atoms with E-state index < -0.39 is 11.7 Å². The quantitative estimate of drug-likeness (QED) is 0.461. The van der Waals surface area contributed by atoms with Crippen molar-refractivity contribution in [3.8, 4) is 11.4 Å². The molecule has 184 valence electrons. The number of aryl methyl sites for hydroxylation is 1. The number of hydrogen-bond donors (Lipinski definition) is 0. The molecule has 0 bridgehead atoms. The van der Waals surface area contributed by atoms with Crippen LogP contribution in [0.4, 0.5) is 19.0 Å². The van der Waals surface area contributed by atoms with Crippen LogP contribution >= 0.6 is 0 Å². The molecule has 0 spiro atoms.